The summed E-state index contributed by atoms with van der Waals surface area (Å²) in [4.78, 5) is 16.9. The average molecular weight is 386 g/mol. The zero-order valence-corrected chi connectivity index (χ0v) is 16.0. The van der Waals surface area contributed by atoms with Gasteiger partial charge in [0.2, 0.25) is 0 Å². The van der Waals surface area contributed by atoms with Crippen LogP contribution in [0.3, 0.4) is 0 Å². The van der Waals surface area contributed by atoms with Gasteiger partial charge in [-0.05, 0) is 36.8 Å². The molecular weight excluding hydrogens is 368 g/mol. The Morgan fingerprint density at radius 1 is 1.15 bits per heavy atom. The first-order chi connectivity index (χ1) is 12.3. The van der Waals surface area contributed by atoms with E-state index < -0.39 is 9.84 Å². The fourth-order valence-electron chi connectivity index (χ4n) is 2.47. The van der Waals surface area contributed by atoms with Gasteiger partial charge in [-0.15, -0.1) is 0 Å². The molecule has 1 aromatic heterocycles. The molecule has 26 heavy (non-hydrogen) atoms. The maximum atomic E-state index is 12.4. The van der Waals surface area contributed by atoms with Gasteiger partial charge < -0.3 is 0 Å². The van der Waals surface area contributed by atoms with Crippen LogP contribution in [0.5, 0.6) is 0 Å². The molecule has 0 atom stereocenters. The van der Waals surface area contributed by atoms with Gasteiger partial charge in [-0.3, -0.25) is 9.36 Å². The van der Waals surface area contributed by atoms with Gasteiger partial charge in [-0.25, -0.2) is 13.4 Å². The SMILES string of the molecule is Cc1cccc(-n2ccnc2SCC(=O)c2ccc(S(C)(=O)=O)cc2)c1. The summed E-state index contributed by atoms with van der Waals surface area (Å²) in [5, 5.41) is 0.733. The summed E-state index contributed by atoms with van der Waals surface area (Å²) < 4.78 is 24.9. The highest BCUT2D eigenvalue weighted by Crippen LogP contribution is 2.22. The lowest BCUT2D eigenvalue weighted by atomic mass is 10.1. The number of thioether (sulfide) groups is 1. The van der Waals surface area contributed by atoms with E-state index in [2.05, 4.69) is 11.1 Å². The van der Waals surface area contributed by atoms with Crippen LogP contribution >= 0.6 is 11.8 Å². The fraction of sp³-hybridized carbons (Fsp3) is 0.158. The molecule has 0 amide bonds. The van der Waals surface area contributed by atoms with Crippen LogP contribution in [0, 0.1) is 6.92 Å². The van der Waals surface area contributed by atoms with E-state index in [1.165, 1.54) is 23.9 Å². The average Bonchev–Trinajstić information content (AvgIpc) is 3.07. The molecule has 0 aliphatic rings. The lowest BCUT2D eigenvalue weighted by molar-refractivity contribution is 0.102. The number of sulfone groups is 1. The van der Waals surface area contributed by atoms with Crippen LogP contribution in [-0.2, 0) is 9.84 Å². The highest BCUT2D eigenvalue weighted by Gasteiger charge is 2.13. The number of carbonyl (C=O) groups is 1. The van der Waals surface area contributed by atoms with Crippen molar-refractivity contribution in [2.24, 2.45) is 0 Å². The number of aryl methyl sites for hydroxylation is 1. The van der Waals surface area contributed by atoms with Gasteiger partial charge in [0.1, 0.15) is 0 Å². The number of benzene rings is 2. The third kappa shape index (κ3) is 4.23. The number of aromatic nitrogens is 2. The smallest absolute Gasteiger partial charge is 0.175 e. The van der Waals surface area contributed by atoms with Crippen molar-refractivity contribution in [3.05, 3.63) is 72.1 Å². The first kappa shape index (κ1) is 18.4. The first-order valence-corrected chi connectivity index (χ1v) is 10.8. The van der Waals surface area contributed by atoms with E-state index in [9.17, 15) is 13.2 Å². The summed E-state index contributed by atoms with van der Waals surface area (Å²) in [5.74, 6) is 0.148. The molecule has 0 unspecified atom stereocenters. The van der Waals surface area contributed by atoms with E-state index in [-0.39, 0.29) is 16.4 Å². The van der Waals surface area contributed by atoms with E-state index in [1.807, 2.05) is 35.9 Å². The standard InChI is InChI=1S/C19H18N2O3S2/c1-14-4-3-5-16(12-14)21-11-10-20-19(21)25-13-18(22)15-6-8-17(9-7-15)26(2,23)24/h3-12H,13H2,1-2H3. The quantitative estimate of drug-likeness (QED) is 0.479. The summed E-state index contributed by atoms with van der Waals surface area (Å²) in [5.41, 5.74) is 2.63. The molecule has 5 nitrogen and oxygen atoms in total. The predicted molar refractivity (Wildman–Crippen MR) is 103 cm³/mol. The third-order valence-electron chi connectivity index (χ3n) is 3.82. The van der Waals surface area contributed by atoms with Crippen LogP contribution < -0.4 is 0 Å². The lowest BCUT2D eigenvalue weighted by Crippen LogP contribution is -2.05. The fourth-order valence-corrected chi connectivity index (χ4v) is 3.97. The topological polar surface area (TPSA) is 69.0 Å². The highest BCUT2D eigenvalue weighted by molar-refractivity contribution is 7.99. The van der Waals surface area contributed by atoms with Crippen molar-refractivity contribution in [1.82, 2.24) is 9.55 Å². The molecule has 0 spiro atoms. The van der Waals surface area contributed by atoms with Gasteiger partial charge in [0.25, 0.3) is 0 Å². The maximum absolute atomic E-state index is 12.4. The number of Topliss-reactive ketones (excluding diaryl/α,β-unsaturated/α-hetero) is 1. The molecule has 0 N–H and O–H groups in total. The summed E-state index contributed by atoms with van der Waals surface area (Å²) in [6, 6.07) is 14.1. The zero-order valence-electron chi connectivity index (χ0n) is 14.4. The minimum atomic E-state index is -3.26. The Labute approximate surface area is 157 Å². The van der Waals surface area contributed by atoms with Crippen molar-refractivity contribution >= 4 is 27.4 Å². The van der Waals surface area contributed by atoms with Gasteiger partial charge in [-0.2, -0.15) is 0 Å². The monoisotopic (exact) mass is 386 g/mol. The number of carbonyl (C=O) groups excluding carboxylic acids is 1. The number of rotatable bonds is 6. The van der Waals surface area contributed by atoms with Crippen LogP contribution in [-0.4, -0.2) is 35.8 Å². The molecule has 7 heteroatoms. The van der Waals surface area contributed by atoms with Crippen molar-refractivity contribution in [2.45, 2.75) is 17.0 Å². The normalized spacial score (nSPS) is 11.5. The van der Waals surface area contributed by atoms with Crippen LogP contribution in [0.1, 0.15) is 15.9 Å². The van der Waals surface area contributed by atoms with Gasteiger partial charge in [-0.1, -0.05) is 36.0 Å². The Morgan fingerprint density at radius 3 is 2.54 bits per heavy atom. The van der Waals surface area contributed by atoms with Gasteiger partial charge >= 0.3 is 0 Å². The van der Waals surface area contributed by atoms with Gasteiger partial charge in [0.05, 0.1) is 10.6 Å². The van der Waals surface area contributed by atoms with Crippen molar-refractivity contribution < 1.29 is 13.2 Å². The van der Waals surface area contributed by atoms with E-state index in [0.717, 1.165) is 22.7 Å². The Hall–Kier alpha value is -2.38. The first-order valence-electron chi connectivity index (χ1n) is 7.91. The lowest BCUT2D eigenvalue weighted by Gasteiger charge is -2.08. The molecule has 1 heterocycles. The van der Waals surface area contributed by atoms with Crippen molar-refractivity contribution in [3.63, 3.8) is 0 Å². The summed E-state index contributed by atoms with van der Waals surface area (Å²) >= 11 is 1.35. The molecule has 0 fully saturated rings. The zero-order chi connectivity index (χ0) is 18.7. The number of ketones is 1. The minimum absolute atomic E-state index is 0.0751. The maximum Gasteiger partial charge on any atom is 0.175 e. The molecule has 0 radical (unpaired) electrons. The Bertz CT molecular complexity index is 1040. The summed E-state index contributed by atoms with van der Waals surface area (Å²) in [7, 11) is -3.26. The van der Waals surface area contributed by atoms with Crippen LogP contribution in [0.15, 0.2) is 71.0 Å². The third-order valence-corrected chi connectivity index (χ3v) is 5.92. The van der Waals surface area contributed by atoms with Crippen molar-refractivity contribution in [3.8, 4) is 5.69 Å². The van der Waals surface area contributed by atoms with Gasteiger partial charge in [0.15, 0.2) is 20.8 Å². The largest absolute Gasteiger partial charge is 0.295 e. The van der Waals surface area contributed by atoms with Crippen molar-refractivity contribution in [2.75, 3.05) is 12.0 Å². The van der Waals surface area contributed by atoms with E-state index in [0.29, 0.717) is 5.56 Å². The molecule has 134 valence electrons. The number of hydrogen-bond donors (Lipinski definition) is 0. The van der Waals surface area contributed by atoms with E-state index in [1.54, 1.807) is 18.3 Å². The van der Waals surface area contributed by atoms with E-state index >= 15 is 0 Å². The van der Waals surface area contributed by atoms with Gasteiger partial charge in [0, 0.05) is 29.9 Å². The minimum Gasteiger partial charge on any atom is -0.295 e. The second-order valence-corrected chi connectivity index (χ2v) is 8.89. The molecule has 0 saturated carbocycles. The molecule has 0 saturated heterocycles. The molecule has 0 aliphatic heterocycles. The van der Waals surface area contributed by atoms with Crippen LogP contribution in [0.4, 0.5) is 0 Å². The molecular formula is C19H18N2O3S2. The highest BCUT2D eigenvalue weighted by atomic mass is 32.2. The second kappa shape index (κ2) is 7.47. The number of hydrogen-bond acceptors (Lipinski definition) is 5. The molecule has 3 aromatic rings. The van der Waals surface area contributed by atoms with Crippen molar-refractivity contribution in [1.29, 1.82) is 0 Å². The van der Waals surface area contributed by atoms with E-state index in [4.69, 9.17) is 0 Å². The molecule has 0 aliphatic carbocycles. The summed E-state index contributed by atoms with van der Waals surface area (Å²) in [6.45, 7) is 2.02. The number of nitrogens with zero attached hydrogens (tertiary/aromatic N) is 2. The number of imidazole rings is 1. The second-order valence-electron chi connectivity index (χ2n) is 5.93. The molecule has 0 bridgehead atoms. The Morgan fingerprint density at radius 2 is 1.88 bits per heavy atom. The Balaban J connectivity index is 1.72. The summed E-state index contributed by atoms with van der Waals surface area (Å²) in [6.07, 6.45) is 4.71. The molecule has 2 aromatic carbocycles. The van der Waals surface area contributed by atoms with Crippen LogP contribution in [0.25, 0.3) is 5.69 Å². The Kier molecular flexibility index (Phi) is 5.29. The van der Waals surface area contributed by atoms with Crippen LogP contribution in [0.2, 0.25) is 0 Å². The molecule has 3 rings (SSSR count). The predicted octanol–water partition coefficient (Wildman–Crippen LogP) is 3.56.